The number of hydrogen-bond acceptors (Lipinski definition) is 3. The van der Waals surface area contributed by atoms with Crippen molar-refractivity contribution < 1.29 is 15.0 Å². The van der Waals surface area contributed by atoms with Crippen LogP contribution in [0.15, 0.2) is 0 Å². The molecule has 98 valence electrons. The van der Waals surface area contributed by atoms with E-state index in [9.17, 15) is 15.0 Å². The Morgan fingerprint density at radius 1 is 1.00 bits per heavy atom. The van der Waals surface area contributed by atoms with Gasteiger partial charge in [-0.1, -0.05) is 25.7 Å². The number of rotatable bonds is 2. The van der Waals surface area contributed by atoms with Crippen molar-refractivity contribution >= 4 is 17.7 Å². The molecule has 0 amide bonds. The van der Waals surface area contributed by atoms with Gasteiger partial charge in [0.15, 0.2) is 0 Å². The maximum atomic E-state index is 11.8. The molecule has 1 unspecified atom stereocenters. The molecular weight excluding hydrogens is 236 g/mol. The van der Waals surface area contributed by atoms with Gasteiger partial charge >= 0.3 is 5.97 Å². The summed E-state index contributed by atoms with van der Waals surface area (Å²) in [6, 6.07) is 0. The molecule has 1 heterocycles. The van der Waals surface area contributed by atoms with E-state index in [2.05, 4.69) is 0 Å². The molecule has 4 heteroatoms. The van der Waals surface area contributed by atoms with Gasteiger partial charge in [0.25, 0.3) is 0 Å². The van der Waals surface area contributed by atoms with Crippen LogP contribution in [0.2, 0.25) is 0 Å². The van der Waals surface area contributed by atoms with E-state index >= 15 is 0 Å². The van der Waals surface area contributed by atoms with Crippen LogP contribution in [0.25, 0.3) is 0 Å². The molecule has 3 nitrogen and oxygen atoms in total. The largest absolute Gasteiger partial charge is 0.481 e. The molecule has 2 N–H and O–H groups in total. The van der Waals surface area contributed by atoms with Crippen molar-refractivity contribution in [1.29, 1.82) is 0 Å². The number of carboxylic acids is 1. The molecule has 0 spiro atoms. The van der Waals surface area contributed by atoms with E-state index in [0.29, 0.717) is 25.0 Å². The zero-order valence-corrected chi connectivity index (χ0v) is 11.1. The minimum absolute atomic E-state index is 0.597. The summed E-state index contributed by atoms with van der Waals surface area (Å²) in [5.74, 6) is 0.876. The smallest absolute Gasteiger partial charge is 0.312 e. The maximum absolute atomic E-state index is 11.8. The first-order valence-electron chi connectivity index (χ1n) is 6.64. The van der Waals surface area contributed by atoms with Gasteiger partial charge in [0.1, 0.15) is 0 Å². The van der Waals surface area contributed by atoms with E-state index in [-0.39, 0.29) is 0 Å². The summed E-state index contributed by atoms with van der Waals surface area (Å²) in [5, 5.41) is 20.5. The Balaban J connectivity index is 2.27. The minimum Gasteiger partial charge on any atom is -0.481 e. The van der Waals surface area contributed by atoms with Crippen molar-refractivity contribution in [3.8, 4) is 0 Å². The van der Waals surface area contributed by atoms with Crippen LogP contribution >= 0.6 is 11.8 Å². The first-order chi connectivity index (χ1) is 8.11. The van der Waals surface area contributed by atoms with Gasteiger partial charge in [-0.05, 0) is 31.4 Å². The number of thioether (sulfide) groups is 1. The molecule has 1 saturated heterocycles. The fourth-order valence-electron chi connectivity index (χ4n) is 3.37. The van der Waals surface area contributed by atoms with Crippen molar-refractivity contribution in [3.05, 3.63) is 0 Å². The third kappa shape index (κ3) is 2.34. The predicted octanol–water partition coefficient (Wildman–Crippen LogP) is 2.67. The van der Waals surface area contributed by atoms with Crippen molar-refractivity contribution in [1.82, 2.24) is 0 Å². The molecule has 2 aliphatic rings. The van der Waals surface area contributed by atoms with Crippen LogP contribution in [0, 0.1) is 5.41 Å². The molecule has 17 heavy (non-hydrogen) atoms. The lowest BCUT2D eigenvalue weighted by Gasteiger charge is -2.46. The van der Waals surface area contributed by atoms with Crippen LogP contribution in [0.3, 0.4) is 0 Å². The topological polar surface area (TPSA) is 57.5 Å². The highest BCUT2D eigenvalue weighted by molar-refractivity contribution is 7.99. The van der Waals surface area contributed by atoms with Crippen molar-refractivity contribution in [2.24, 2.45) is 5.41 Å². The van der Waals surface area contributed by atoms with E-state index in [1.54, 1.807) is 11.8 Å². The SMILES string of the molecule is O=C(O)C1(C2(O)CCCSC2)CCCCCC1. The van der Waals surface area contributed by atoms with Crippen molar-refractivity contribution in [2.45, 2.75) is 57.0 Å². The fraction of sp³-hybridized carbons (Fsp3) is 0.923. The van der Waals surface area contributed by atoms with Gasteiger partial charge in [-0.25, -0.2) is 0 Å². The molecule has 2 fully saturated rings. The normalized spacial score (nSPS) is 33.9. The third-order valence-corrected chi connectivity index (χ3v) is 5.74. The lowest BCUT2D eigenvalue weighted by Crippen LogP contribution is -2.56. The van der Waals surface area contributed by atoms with Crippen molar-refractivity contribution in [2.75, 3.05) is 11.5 Å². The van der Waals surface area contributed by atoms with Gasteiger partial charge in [-0.15, -0.1) is 0 Å². The van der Waals surface area contributed by atoms with E-state index in [4.69, 9.17) is 0 Å². The van der Waals surface area contributed by atoms with E-state index < -0.39 is 17.0 Å². The van der Waals surface area contributed by atoms with Crippen LogP contribution in [0.4, 0.5) is 0 Å². The minimum atomic E-state index is -0.980. The summed E-state index contributed by atoms with van der Waals surface area (Å²) in [7, 11) is 0. The summed E-state index contributed by atoms with van der Waals surface area (Å²) in [6.07, 6.45) is 7.01. The summed E-state index contributed by atoms with van der Waals surface area (Å²) in [6.45, 7) is 0. The Labute approximate surface area is 107 Å². The van der Waals surface area contributed by atoms with Crippen LogP contribution in [0.5, 0.6) is 0 Å². The average Bonchev–Trinajstić information content (AvgIpc) is 2.56. The van der Waals surface area contributed by atoms with Crippen LogP contribution < -0.4 is 0 Å². The molecular formula is C13H22O3S. The highest BCUT2D eigenvalue weighted by Gasteiger charge is 2.55. The third-order valence-electron chi connectivity index (χ3n) is 4.48. The summed E-state index contributed by atoms with van der Waals surface area (Å²) < 4.78 is 0. The first-order valence-corrected chi connectivity index (χ1v) is 7.80. The standard InChI is InChI=1S/C13H22O3S/c14-11(15)12(6-3-1-2-4-7-12)13(16)8-5-9-17-10-13/h16H,1-10H2,(H,14,15). The van der Waals surface area contributed by atoms with E-state index in [1.165, 1.54) is 0 Å². The molecule has 1 atom stereocenters. The second kappa shape index (κ2) is 5.19. The van der Waals surface area contributed by atoms with Crippen LogP contribution in [-0.4, -0.2) is 33.3 Å². The number of aliphatic carboxylic acids is 1. The molecule has 0 aromatic carbocycles. The monoisotopic (exact) mass is 258 g/mol. The Morgan fingerprint density at radius 3 is 2.12 bits per heavy atom. The second-order valence-electron chi connectivity index (χ2n) is 5.49. The molecule has 1 aliphatic heterocycles. The molecule has 0 aromatic heterocycles. The Kier molecular flexibility index (Phi) is 4.03. The lowest BCUT2D eigenvalue weighted by molar-refractivity contribution is -0.170. The van der Waals surface area contributed by atoms with E-state index in [0.717, 1.165) is 37.9 Å². The summed E-state index contributed by atoms with van der Waals surface area (Å²) in [5.41, 5.74) is -1.86. The summed E-state index contributed by atoms with van der Waals surface area (Å²) in [4.78, 5) is 11.8. The van der Waals surface area contributed by atoms with Crippen LogP contribution in [-0.2, 0) is 4.79 Å². The quantitative estimate of drug-likeness (QED) is 0.748. The molecule has 0 radical (unpaired) electrons. The summed E-state index contributed by atoms with van der Waals surface area (Å²) >= 11 is 1.70. The number of aliphatic hydroxyl groups is 1. The maximum Gasteiger partial charge on any atom is 0.312 e. The average molecular weight is 258 g/mol. The Hall–Kier alpha value is -0.220. The van der Waals surface area contributed by atoms with Crippen LogP contribution in [0.1, 0.15) is 51.4 Å². The Morgan fingerprint density at radius 2 is 1.65 bits per heavy atom. The van der Waals surface area contributed by atoms with Gasteiger partial charge in [-0.3, -0.25) is 4.79 Å². The van der Waals surface area contributed by atoms with Crippen molar-refractivity contribution in [3.63, 3.8) is 0 Å². The van der Waals surface area contributed by atoms with Gasteiger partial charge < -0.3 is 10.2 Å². The first kappa shape index (κ1) is 13.2. The van der Waals surface area contributed by atoms with Gasteiger partial charge in [0.2, 0.25) is 0 Å². The number of carboxylic acid groups (broad SMARTS) is 1. The number of hydrogen-bond donors (Lipinski definition) is 2. The molecule has 1 saturated carbocycles. The predicted molar refractivity (Wildman–Crippen MR) is 69.3 cm³/mol. The molecule has 0 aromatic rings. The second-order valence-corrected chi connectivity index (χ2v) is 6.59. The highest BCUT2D eigenvalue weighted by Crippen LogP contribution is 2.49. The Bertz CT molecular complexity index is 276. The highest BCUT2D eigenvalue weighted by atomic mass is 32.2. The molecule has 0 bridgehead atoms. The van der Waals surface area contributed by atoms with E-state index in [1.807, 2.05) is 0 Å². The lowest BCUT2D eigenvalue weighted by atomic mass is 9.65. The zero-order chi connectivity index (χ0) is 12.4. The molecule has 2 rings (SSSR count). The van der Waals surface area contributed by atoms with Gasteiger partial charge in [0, 0.05) is 5.75 Å². The van der Waals surface area contributed by atoms with Gasteiger partial charge in [0.05, 0.1) is 11.0 Å². The zero-order valence-electron chi connectivity index (χ0n) is 10.3. The van der Waals surface area contributed by atoms with Gasteiger partial charge in [-0.2, -0.15) is 11.8 Å². The fourth-order valence-corrected chi connectivity index (χ4v) is 4.62. The number of carbonyl (C=O) groups is 1. The molecule has 1 aliphatic carbocycles.